The van der Waals surface area contributed by atoms with E-state index in [1.165, 1.54) is 7.11 Å². The van der Waals surface area contributed by atoms with Crippen LogP contribution in [0.5, 0.6) is 5.75 Å². The molecule has 0 aliphatic heterocycles. The van der Waals surface area contributed by atoms with Gasteiger partial charge in [0.05, 0.1) is 12.7 Å². The van der Waals surface area contributed by atoms with E-state index in [2.05, 4.69) is 4.98 Å². The lowest BCUT2D eigenvalue weighted by atomic mass is 10.0. The van der Waals surface area contributed by atoms with Crippen LogP contribution >= 0.6 is 0 Å². The third kappa shape index (κ3) is 2.48. The zero-order valence-corrected chi connectivity index (χ0v) is 11.6. The van der Waals surface area contributed by atoms with Crippen LogP contribution in [0.15, 0.2) is 48.5 Å². The number of rotatable bonds is 3. The van der Waals surface area contributed by atoms with Crippen molar-refractivity contribution in [3.05, 3.63) is 65.4 Å². The number of aromatic hydroxyl groups is 1. The maximum atomic E-state index is 12.1. The summed E-state index contributed by atoms with van der Waals surface area (Å²) in [6.45, 7) is 0. The van der Waals surface area contributed by atoms with Crippen molar-refractivity contribution in [1.82, 2.24) is 4.98 Å². The first-order valence-electron chi connectivity index (χ1n) is 6.65. The molecule has 0 spiro atoms. The molecule has 21 heavy (non-hydrogen) atoms. The molecule has 0 aliphatic carbocycles. The van der Waals surface area contributed by atoms with Gasteiger partial charge < -0.3 is 14.8 Å². The summed E-state index contributed by atoms with van der Waals surface area (Å²) in [5.41, 5.74) is 3.17. The number of hydrogen-bond donors (Lipinski definition) is 2. The smallest absolute Gasteiger partial charge is 0.340 e. The van der Waals surface area contributed by atoms with Crippen LogP contribution in [0.2, 0.25) is 0 Å². The Bertz CT molecular complexity index is 790. The molecule has 2 N–H and O–H groups in total. The van der Waals surface area contributed by atoms with E-state index in [1.54, 1.807) is 18.2 Å². The summed E-state index contributed by atoms with van der Waals surface area (Å²) < 4.78 is 4.88. The van der Waals surface area contributed by atoms with Crippen molar-refractivity contribution in [3.8, 4) is 5.75 Å². The molecule has 1 heterocycles. The molecule has 4 nitrogen and oxygen atoms in total. The molecule has 1 aromatic heterocycles. The quantitative estimate of drug-likeness (QED) is 0.724. The lowest BCUT2D eigenvalue weighted by Crippen LogP contribution is -2.04. The van der Waals surface area contributed by atoms with Crippen LogP contribution in [-0.4, -0.2) is 23.2 Å². The fourth-order valence-electron chi connectivity index (χ4n) is 2.50. The molecule has 0 aliphatic rings. The van der Waals surface area contributed by atoms with E-state index >= 15 is 0 Å². The van der Waals surface area contributed by atoms with Crippen LogP contribution in [0.1, 0.15) is 21.6 Å². The summed E-state index contributed by atoms with van der Waals surface area (Å²) in [7, 11) is 1.36. The number of hydrogen-bond acceptors (Lipinski definition) is 3. The Balaban J connectivity index is 2.15. The average Bonchev–Trinajstić information content (AvgIpc) is 2.84. The molecule has 0 bridgehead atoms. The number of aromatic amines is 1. The molecular formula is C17H15NO3. The maximum Gasteiger partial charge on any atom is 0.340 e. The van der Waals surface area contributed by atoms with Gasteiger partial charge in [0.1, 0.15) is 5.75 Å². The van der Waals surface area contributed by atoms with Crippen LogP contribution in [0, 0.1) is 0 Å². The molecule has 0 saturated heterocycles. The molecule has 0 atom stereocenters. The van der Waals surface area contributed by atoms with Gasteiger partial charge in [-0.3, -0.25) is 0 Å². The number of methoxy groups -OCH3 is 1. The second-order valence-electron chi connectivity index (χ2n) is 4.86. The Kier molecular flexibility index (Phi) is 3.36. The fraction of sp³-hybridized carbons (Fsp3) is 0.118. The van der Waals surface area contributed by atoms with Crippen molar-refractivity contribution in [2.75, 3.05) is 7.11 Å². The number of aromatic nitrogens is 1. The Hall–Kier alpha value is -2.75. The number of carbonyl (C=O) groups excluding carboxylic acids is 1. The van der Waals surface area contributed by atoms with Crippen molar-refractivity contribution in [2.24, 2.45) is 0 Å². The second kappa shape index (κ2) is 5.32. The number of H-pyrrole nitrogens is 1. The third-order valence-corrected chi connectivity index (χ3v) is 3.47. The molecule has 0 unspecified atom stereocenters. The van der Waals surface area contributed by atoms with Gasteiger partial charge in [-0.1, -0.05) is 30.3 Å². The number of carbonyl (C=O) groups is 1. The second-order valence-corrected chi connectivity index (χ2v) is 4.86. The molecule has 4 heteroatoms. The standard InChI is InChI=1S/C17H15NO3/c1-21-17(20)16-13-10-12(19)7-8-14(13)18-15(16)9-11-5-3-2-4-6-11/h2-8,10,18-19H,9H2,1H3. The van der Waals surface area contributed by atoms with Gasteiger partial charge in [-0.15, -0.1) is 0 Å². The van der Waals surface area contributed by atoms with Gasteiger partial charge >= 0.3 is 5.97 Å². The zero-order chi connectivity index (χ0) is 14.8. The van der Waals surface area contributed by atoms with Crippen molar-refractivity contribution >= 4 is 16.9 Å². The highest BCUT2D eigenvalue weighted by atomic mass is 16.5. The summed E-state index contributed by atoms with van der Waals surface area (Å²) in [6.07, 6.45) is 0.598. The summed E-state index contributed by atoms with van der Waals surface area (Å²) in [5.74, 6) is -0.282. The first-order valence-corrected chi connectivity index (χ1v) is 6.65. The minimum atomic E-state index is -0.405. The van der Waals surface area contributed by atoms with Crippen LogP contribution in [0.3, 0.4) is 0 Å². The van der Waals surface area contributed by atoms with Gasteiger partial charge in [0.2, 0.25) is 0 Å². The maximum absolute atomic E-state index is 12.1. The van der Waals surface area contributed by atoms with Gasteiger partial charge in [-0.2, -0.15) is 0 Å². The van der Waals surface area contributed by atoms with Gasteiger partial charge in [0, 0.05) is 23.0 Å². The first-order chi connectivity index (χ1) is 10.2. The normalized spacial score (nSPS) is 10.7. The molecule has 0 radical (unpaired) electrons. The third-order valence-electron chi connectivity index (χ3n) is 3.47. The number of ether oxygens (including phenoxy) is 1. The highest BCUT2D eigenvalue weighted by Crippen LogP contribution is 2.28. The lowest BCUT2D eigenvalue weighted by molar-refractivity contribution is 0.0602. The highest BCUT2D eigenvalue weighted by molar-refractivity contribution is 6.06. The SMILES string of the molecule is COC(=O)c1c(Cc2ccccc2)[nH]c2ccc(O)cc12. The van der Waals surface area contributed by atoms with E-state index in [0.29, 0.717) is 17.4 Å². The number of fused-ring (bicyclic) bond motifs is 1. The number of phenolic OH excluding ortho intramolecular Hbond substituents is 1. The molecule has 2 aromatic carbocycles. The largest absolute Gasteiger partial charge is 0.508 e. The predicted molar refractivity (Wildman–Crippen MR) is 80.6 cm³/mol. The number of esters is 1. The summed E-state index contributed by atoms with van der Waals surface area (Å²) in [4.78, 5) is 15.3. The van der Waals surface area contributed by atoms with E-state index in [1.807, 2.05) is 30.3 Å². The molecule has 0 saturated carbocycles. The average molecular weight is 281 g/mol. The van der Waals surface area contributed by atoms with E-state index in [0.717, 1.165) is 16.8 Å². The van der Waals surface area contributed by atoms with Crippen molar-refractivity contribution < 1.29 is 14.6 Å². The molecular weight excluding hydrogens is 266 g/mol. The molecule has 0 fully saturated rings. The monoisotopic (exact) mass is 281 g/mol. The van der Waals surface area contributed by atoms with Crippen LogP contribution < -0.4 is 0 Å². The van der Waals surface area contributed by atoms with Gasteiger partial charge in [0.15, 0.2) is 0 Å². The lowest BCUT2D eigenvalue weighted by Gasteiger charge is -2.03. The summed E-state index contributed by atoms with van der Waals surface area (Å²) in [6, 6.07) is 14.8. The Morgan fingerprint density at radius 1 is 1.19 bits per heavy atom. The number of benzene rings is 2. The molecule has 3 aromatic rings. The number of phenols is 1. The van der Waals surface area contributed by atoms with Crippen LogP contribution in [0.4, 0.5) is 0 Å². The van der Waals surface area contributed by atoms with E-state index < -0.39 is 5.97 Å². The van der Waals surface area contributed by atoms with Gasteiger partial charge in [-0.05, 0) is 23.8 Å². The van der Waals surface area contributed by atoms with Crippen molar-refractivity contribution in [2.45, 2.75) is 6.42 Å². The molecule has 106 valence electrons. The van der Waals surface area contributed by atoms with Crippen LogP contribution in [-0.2, 0) is 11.2 Å². The van der Waals surface area contributed by atoms with Crippen molar-refractivity contribution in [1.29, 1.82) is 0 Å². The zero-order valence-electron chi connectivity index (χ0n) is 11.6. The minimum absolute atomic E-state index is 0.123. The molecule has 3 rings (SSSR count). The summed E-state index contributed by atoms with van der Waals surface area (Å²) >= 11 is 0. The molecule has 0 amide bonds. The topological polar surface area (TPSA) is 62.3 Å². The predicted octanol–water partition coefficient (Wildman–Crippen LogP) is 3.25. The van der Waals surface area contributed by atoms with E-state index in [-0.39, 0.29) is 5.75 Å². The minimum Gasteiger partial charge on any atom is -0.508 e. The summed E-state index contributed by atoms with van der Waals surface area (Å²) in [5, 5.41) is 10.3. The first kappa shape index (κ1) is 13.2. The van der Waals surface area contributed by atoms with Gasteiger partial charge in [-0.25, -0.2) is 4.79 Å². The van der Waals surface area contributed by atoms with E-state index in [9.17, 15) is 9.90 Å². The van der Waals surface area contributed by atoms with E-state index in [4.69, 9.17) is 4.74 Å². The Morgan fingerprint density at radius 2 is 1.95 bits per heavy atom. The van der Waals surface area contributed by atoms with Crippen LogP contribution in [0.25, 0.3) is 10.9 Å². The fourth-order valence-corrected chi connectivity index (χ4v) is 2.50. The van der Waals surface area contributed by atoms with Crippen molar-refractivity contribution in [3.63, 3.8) is 0 Å². The highest BCUT2D eigenvalue weighted by Gasteiger charge is 2.19. The van der Waals surface area contributed by atoms with Gasteiger partial charge in [0.25, 0.3) is 0 Å². The number of nitrogens with one attached hydrogen (secondary N) is 1. The Labute approximate surface area is 122 Å². The Morgan fingerprint density at radius 3 is 2.67 bits per heavy atom.